The van der Waals surface area contributed by atoms with Crippen LogP contribution in [0, 0.1) is 0 Å². The first-order chi connectivity index (χ1) is 16.2. The lowest BCUT2D eigenvalue weighted by molar-refractivity contribution is -0.124. The number of methoxy groups -OCH3 is 1. The van der Waals surface area contributed by atoms with Crippen LogP contribution >= 0.6 is 0 Å². The Morgan fingerprint density at radius 1 is 1.12 bits per heavy atom. The lowest BCUT2D eigenvalue weighted by Gasteiger charge is -2.51. The molecular weight excluding hydrogens is 434 g/mol. The molecule has 4 amide bonds. The van der Waals surface area contributed by atoms with Crippen molar-refractivity contribution in [1.82, 2.24) is 20.0 Å². The molecule has 1 spiro atoms. The van der Waals surface area contributed by atoms with Crippen LogP contribution in [0.4, 0.5) is 4.79 Å². The molecule has 3 N–H and O–H groups in total. The monoisotopic (exact) mass is 473 g/mol. The zero-order chi connectivity index (χ0) is 24.8. The summed E-state index contributed by atoms with van der Waals surface area (Å²) in [6, 6.07) is 10.6. The number of hydrogen-bond donors (Lipinski definition) is 2. The Balaban J connectivity index is 1.74. The molecule has 188 valence electrons. The highest BCUT2D eigenvalue weighted by atomic mass is 16.5. The van der Waals surface area contributed by atoms with Gasteiger partial charge in [0.05, 0.1) is 12.1 Å². The van der Waals surface area contributed by atoms with E-state index in [1.165, 1.54) is 5.56 Å². The van der Waals surface area contributed by atoms with Crippen LogP contribution in [0.15, 0.2) is 30.3 Å². The van der Waals surface area contributed by atoms with Gasteiger partial charge in [-0.25, -0.2) is 4.79 Å². The molecule has 3 rings (SSSR count). The van der Waals surface area contributed by atoms with Crippen LogP contribution in [-0.2, 0) is 19.9 Å². The zero-order valence-corrected chi connectivity index (χ0v) is 20.7. The summed E-state index contributed by atoms with van der Waals surface area (Å²) < 4.78 is 5.24. The second-order valence-corrected chi connectivity index (χ2v) is 9.71. The maximum Gasteiger partial charge on any atom is 0.320 e. The number of hydrogen-bond acceptors (Lipinski definition) is 5. The van der Waals surface area contributed by atoms with E-state index in [1.54, 1.807) is 12.0 Å². The topological polar surface area (TPSA) is 108 Å². The van der Waals surface area contributed by atoms with E-state index in [4.69, 9.17) is 10.5 Å². The standard InChI is InChI=1S/C25H39N5O4/c1-28(2)25(20-8-5-4-6-9-20)13-11-24(12-14-25)19-29(16-10-22(32)27-18-21(26)31)23(33)30(24)15-7-17-34-3/h4-6,8-9H,7,10-19H2,1-3H3,(H2,26,31)(H,27,32). The summed E-state index contributed by atoms with van der Waals surface area (Å²) in [7, 11) is 5.95. The first kappa shape index (κ1) is 26.0. The molecule has 0 atom stereocenters. The third-order valence-corrected chi connectivity index (χ3v) is 7.53. The van der Waals surface area contributed by atoms with Gasteiger partial charge in [0, 0.05) is 45.3 Å². The van der Waals surface area contributed by atoms with Crippen molar-refractivity contribution in [1.29, 1.82) is 0 Å². The maximum atomic E-state index is 13.4. The van der Waals surface area contributed by atoms with Gasteiger partial charge in [0.15, 0.2) is 0 Å². The van der Waals surface area contributed by atoms with Crippen molar-refractivity contribution in [3.05, 3.63) is 35.9 Å². The van der Waals surface area contributed by atoms with E-state index < -0.39 is 5.91 Å². The van der Waals surface area contributed by atoms with Crippen LogP contribution in [0.5, 0.6) is 0 Å². The fraction of sp³-hybridized carbons (Fsp3) is 0.640. The number of nitrogens with one attached hydrogen (secondary N) is 1. The van der Waals surface area contributed by atoms with Gasteiger partial charge in [-0.15, -0.1) is 0 Å². The molecule has 9 nitrogen and oxygen atoms in total. The minimum atomic E-state index is -0.584. The molecule has 0 radical (unpaired) electrons. The molecule has 1 aliphatic heterocycles. The number of nitrogens with two attached hydrogens (primary N) is 1. The van der Waals surface area contributed by atoms with Gasteiger partial charge in [0.25, 0.3) is 0 Å². The Labute approximate surface area is 202 Å². The Kier molecular flexibility index (Phi) is 8.54. The molecule has 34 heavy (non-hydrogen) atoms. The molecule has 2 fully saturated rings. The van der Waals surface area contributed by atoms with Gasteiger partial charge in [-0.05, 0) is 51.8 Å². The van der Waals surface area contributed by atoms with Gasteiger partial charge in [-0.3, -0.25) is 14.5 Å². The number of benzene rings is 1. The fourth-order valence-electron chi connectivity index (χ4n) is 5.57. The summed E-state index contributed by atoms with van der Waals surface area (Å²) in [5.74, 6) is -0.864. The quantitative estimate of drug-likeness (QED) is 0.474. The molecular formula is C25H39N5O4. The van der Waals surface area contributed by atoms with Crippen molar-refractivity contribution >= 4 is 17.8 Å². The average Bonchev–Trinajstić information content (AvgIpc) is 3.08. The van der Waals surface area contributed by atoms with Crippen molar-refractivity contribution in [2.24, 2.45) is 5.73 Å². The summed E-state index contributed by atoms with van der Waals surface area (Å²) in [5, 5.41) is 2.50. The second-order valence-electron chi connectivity index (χ2n) is 9.71. The van der Waals surface area contributed by atoms with Crippen molar-refractivity contribution in [3.8, 4) is 0 Å². The fourth-order valence-corrected chi connectivity index (χ4v) is 5.57. The number of carbonyl (C=O) groups excluding carboxylic acids is 3. The predicted octanol–water partition coefficient (Wildman–Crippen LogP) is 1.52. The van der Waals surface area contributed by atoms with Gasteiger partial charge in [-0.2, -0.15) is 0 Å². The van der Waals surface area contributed by atoms with Crippen molar-refractivity contribution in [3.63, 3.8) is 0 Å². The predicted molar refractivity (Wildman–Crippen MR) is 130 cm³/mol. The van der Waals surface area contributed by atoms with Crippen molar-refractivity contribution < 1.29 is 19.1 Å². The Hall–Kier alpha value is -2.65. The molecule has 0 aromatic heterocycles. The molecule has 9 heteroatoms. The SMILES string of the molecule is COCCCN1C(=O)N(CCC(=O)NCC(N)=O)CC12CCC(c1ccccc1)(N(C)C)CC2. The largest absolute Gasteiger partial charge is 0.385 e. The van der Waals surface area contributed by atoms with Crippen LogP contribution in [0.3, 0.4) is 0 Å². The van der Waals surface area contributed by atoms with Gasteiger partial charge in [-0.1, -0.05) is 30.3 Å². The second kappa shape index (κ2) is 11.2. The zero-order valence-electron chi connectivity index (χ0n) is 20.7. The number of primary amides is 1. The normalized spacial score (nSPS) is 24.8. The molecule has 2 aliphatic rings. The summed E-state index contributed by atoms with van der Waals surface area (Å²) in [5.41, 5.74) is 6.10. The number of amides is 4. The summed E-state index contributed by atoms with van der Waals surface area (Å²) >= 11 is 0. The Morgan fingerprint density at radius 2 is 1.79 bits per heavy atom. The van der Waals surface area contributed by atoms with E-state index in [1.807, 2.05) is 11.0 Å². The van der Waals surface area contributed by atoms with E-state index >= 15 is 0 Å². The number of carbonyl (C=O) groups is 3. The summed E-state index contributed by atoms with van der Waals surface area (Å²) in [4.78, 5) is 42.6. The van der Waals surface area contributed by atoms with Crippen molar-refractivity contribution in [2.45, 2.75) is 49.6 Å². The summed E-state index contributed by atoms with van der Waals surface area (Å²) in [6.45, 7) is 1.98. The molecule has 1 aromatic rings. The smallest absolute Gasteiger partial charge is 0.320 e. The first-order valence-corrected chi connectivity index (χ1v) is 12.1. The van der Waals surface area contributed by atoms with E-state index in [-0.39, 0.29) is 36.0 Å². The lowest BCUT2D eigenvalue weighted by atomic mass is 9.68. The number of nitrogens with zero attached hydrogens (tertiary/aromatic N) is 3. The average molecular weight is 474 g/mol. The van der Waals surface area contributed by atoms with Crippen LogP contribution in [0.1, 0.15) is 44.1 Å². The molecule has 1 aliphatic carbocycles. The lowest BCUT2D eigenvalue weighted by Crippen LogP contribution is -2.55. The number of urea groups is 1. The van der Waals surface area contributed by atoms with E-state index in [2.05, 4.69) is 48.6 Å². The van der Waals surface area contributed by atoms with Crippen LogP contribution in [0.25, 0.3) is 0 Å². The van der Waals surface area contributed by atoms with E-state index in [0.717, 1.165) is 32.1 Å². The van der Waals surface area contributed by atoms with Crippen molar-refractivity contribution in [2.75, 3.05) is 54.0 Å². The molecule has 1 heterocycles. The molecule has 1 saturated heterocycles. The van der Waals surface area contributed by atoms with Gasteiger partial charge in [0.1, 0.15) is 0 Å². The van der Waals surface area contributed by atoms with E-state index in [0.29, 0.717) is 26.2 Å². The van der Waals surface area contributed by atoms with Crippen LogP contribution < -0.4 is 11.1 Å². The van der Waals surface area contributed by atoms with Gasteiger partial charge in [0.2, 0.25) is 11.8 Å². The minimum absolute atomic E-state index is 0.0177. The highest BCUT2D eigenvalue weighted by Crippen LogP contribution is 2.48. The molecule has 0 unspecified atom stereocenters. The molecule has 1 saturated carbocycles. The highest BCUT2D eigenvalue weighted by molar-refractivity contribution is 5.84. The highest BCUT2D eigenvalue weighted by Gasteiger charge is 2.54. The van der Waals surface area contributed by atoms with Crippen LogP contribution in [0.2, 0.25) is 0 Å². The first-order valence-electron chi connectivity index (χ1n) is 12.1. The van der Waals surface area contributed by atoms with Gasteiger partial charge < -0.3 is 25.6 Å². The molecule has 0 bridgehead atoms. The third kappa shape index (κ3) is 5.52. The maximum absolute atomic E-state index is 13.4. The minimum Gasteiger partial charge on any atom is -0.385 e. The Bertz CT molecular complexity index is 852. The van der Waals surface area contributed by atoms with E-state index in [9.17, 15) is 14.4 Å². The van der Waals surface area contributed by atoms with Gasteiger partial charge >= 0.3 is 6.03 Å². The van der Waals surface area contributed by atoms with Crippen LogP contribution in [-0.4, -0.2) is 92.1 Å². The third-order valence-electron chi connectivity index (χ3n) is 7.53. The molecule has 1 aromatic carbocycles. The number of ether oxygens (including phenoxy) is 1. The summed E-state index contributed by atoms with van der Waals surface area (Å²) in [6.07, 6.45) is 4.60. The Morgan fingerprint density at radius 3 is 2.38 bits per heavy atom. The number of rotatable bonds is 11.